The molecule has 1 aromatic rings. The number of nitrogens with one attached hydrogen (secondary N) is 1. The molecule has 0 heterocycles. The summed E-state index contributed by atoms with van der Waals surface area (Å²) >= 11 is 5.74. The maximum atomic E-state index is 10.8. The van der Waals surface area contributed by atoms with Gasteiger partial charge in [-0.25, -0.2) is 0 Å². The van der Waals surface area contributed by atoms with Gasteiger partial charge in [-0.1, -0.05) is 11.6 Å². The molecule has 0 spiro atoms. The minimum atomic E-state index is -0.255. The average Bonchev–Trinajstić information content (AvgIpc) is 2.21. The summed E-state index contributed by atoms with van der Waals surface area (Å²) in [5, 5.41) is 3.61. The topological polar surface area (TPSA) is 64.3 Å². The van der Waals surface area contributed by atoms with Crippen LogP contribution in [0.1, 0.15) is 6.42 Å². The number of carbonyl (C=O) groups is 1. The fraction of sp³-hybridized carbons (Fsp3) is 0.300. The van der Waals surface area contributed by atoms with Crippen molar-refractivity contribution in [1.82, 2.24) is 0 Å². The molecule has 0 amide bonds. The second-order valence-electron chi connectivity index (χ2n) is 2.98. The molecule has 0 fully saturated rings. The Balaban J connectivity index is 2.47. The van der Waals surface area contributed by atoms with E-state index in [9.17, 15) is 4.79 Å². The number of benzene rings is 1. The van der Waals surface area contributed by atoms with Crippen molar-refractivity contribution >= 4 is 28.9 Å². The number of carbonyl (C=O) groups excluding carboxylic acids is 1. The Morgan fingerprint density at radius 2 is 2.33 bits per heavy atom. The number of hydrogen-bond donors (Lipinski definition) is 2. The maximum Gasteiger partial charge on any atom is 0.307 e. The number of ether oxygens (including phenoxy) is 1. The lowest BCUT2D eigenvalue weighted by Gasteiger charge is -2.08. The number of halogens is 1. The van der Waals surface area contributed by atoms with Crippen LogP contribution in [0, 0.1) is 0 Å². The second kappa shape index (κ2) is 5.46. The highest BCUT2D eigenvalue weighted by Crippen LogP contribution is 2.22. The number of nitrogen functional groups attached to an aromatic ring is 1. The number of rotatable bonds is 4. The first-order chi connectivity index (χ1) is 7.13. The van der Waals surface area contributed by atoms with Gasteiger partial charge in [-0.3, -0.25) is 4.79 Å². The van der Waals surface area contributed by atoms with Crippen molar-refractivity contribution in [2.45, 2.75) is 6.42 Å². The lowest BCUT2D eigenvalue weighted by Crippen LogP contribution is -2.10. The molecule has 0 saturated carbocycles. The van der Waals surface area contributed by atoms with E-state index < -0.39 is 0 Å². The van der Waals surface area contributed by atoms with Crippen LogP contribution in [-0.4, -0.2) is 19.6 Å². The Morgan fingerprint density at radius 3 is 2.93 bits per heavy atom. The van der Waals surface area contributed by atoms with E-state index in [2.05, 4.69) is 10.1 Å². The van der Waals surface area contributed by atoms with Gasteiger partial charge >= 0.3 is 5.97 Å². The fourth-order valence-corrected chi connectivity index (χ4v) is 1.28. The minimum Gasteiger partial charge on any atom is -0.469 e. The monoisotopic (exact) mass is 228 g/mol. The van der Waals surface area contributed by atoms with Crippen molar-refractivity contribution in [1.29, 1.82) is 0 Å². The molecular weight excluding hydrogens is 216 g/mol. The number of methoxy groups -OCH3 is 1. The summed E-state index contributed by atoms with van der Waals surface area (Å²) in [5.74, 6) is -0.255. The van der Waals surface area contributed by atoms with E-state index in [-0.39, 0.29) is 5.97 Å². The van der Waals surface area contributed by atoms with Crippen molar-refractivity contribution in [3.05, 3.63) is 23.2 Å². The van der Waals surface area contributed by atoms with Crippen LogP contribution >= 0.6 is 11.6 Å². The normalized spacial score (nSPS) is 9.73. The summed E-state index contributed by atoms with van der Waals surface area (Å²) in [5.41, 5.74) is 7.04. The molecule has 1 aromatic carbocycles. The number of hydrogen-bond acceptors (Lipinski definition) is 4. The Hall–Kier alpha value is -1.42. The van der Waals surface area contributed by atoms with Gasteiger partial charge in [0, 0.05) is 11.6 Å². The SMILES string of the molecule is COC(=O)CCNc1ccc(Cl)cc1N. The zero-order chi connectivity index (χ0) is 11.3. The van der Waals surface area contributed by atoms with E-state index in [1.54, 1.807) is 18.2 Å². The van der Waals surface area contributed by atoms with Crippen molar-refractivity contribution in [3.8, 4) is 0 Å². The third-order valence-electron chi connectivity index (χ3n) is 1.89. The lowest BCUT2D eigenvalue weighted by atomic mass is 10.2. The van der Waals surface area contributed by atoms with Gasteiger partial charge in [-0.15, -0.1) is 0 Å². The fourth-order valence-electron chi connectivity index (χ4n) is 1.10. The first-order valence-corrected chi connectivity index (χ1v) is 4.87. The molecule has 0 aliphatic heterocycles. The van der Waals surface area contributed by atoms with Gasteiger partial charge in [0.2, 0.25) is 0 Å². The van der Waals surface area contributed by atoms with Crippen LogP contribution in [0.25, 0.3) is 0 Å². The number of nitrogens with two attached hydrogens (primary N) is 1. The summed E-state index contributed by atoms with van der Waals surface area (Å²) in [4.78, 5) is 10.8. The van der Waals surface area contributed by atoms with Crippen LogP contribution in [0.4, 0.5) is 11.4 Å². The Bertz CT molecular complexity index is 355. The molecule has 15 heavy (non-hydrogen) atoms. The van der Waals surface area contributed by atoms with Crippen molar-refractivity contribution in [2.24, 2.45) is 0 Å². The van der Waals surface area contributed by atoms with Crippen molar-refractivity contribution in [3.63, 3.8) is 0 Å². The molecule has 0 atom stereocenters. The first-order valence-electron chi connectivity index (χ1n) is 4.49. The molecule has 1 rings (SSSR count). The summed E-state index contributed by atoms with van der Waals surface area (Å²) < 4.78 is 4.51. The van der Waals surface area contributed by atoms with Crippen LogP contribution in [0.2, 0.25) is 5.02 Å². The predicted octanol–water partition coefficient (Wildman–Crippen LogP) is 1.90. The highest BCUT2D eigenvalue weighted by atomic mass is 35.5. The summed E-state index contributed by atoms with van der Waals surface area (Å²) in [6.45, 7) is 0.485. The molecule has 0 bridgehead atoms. The molecule has 0 saturated heterocycles. The predicted molar refractivity (Wildman–Crippen MR) is 61.0 cm³/mol. The minimum absolute atomic E-state index is 0.255. The molecular formula is C10H13ClN2O2. The van der Waals surface area contributed by atoms with Crippen LogP contribution in [0.15, 0.2) is 18.2 Å². The molecule has 0 unspecified atom stereocenters. The van der Waals surface area contributed by atoms with E-state index in [1.807, 2.05) is 0 Å². The van der Waals surface area contributed by atoms with Gasteiger partial charge in [-0.05, 0) is 18.2 Å². The molecule has 3 N–H and O–H groups in total. The summed E-state index contributed by atoms with van der Waals surface area (Å²) in [6.07, 6.45) is 0.304. The van der Waals surface area contributed by atoms with Crippen molar-refractivity contribution in [2.75, 3.05) is 24.7 Å². The van der Waals surface area contributed by atoms with Crippen LogP contribution in [0.5, 0.6) is 0 Å². The quantitative estimate of drug-likeness (QED) is 0.610. The van der Waals surface area contributed by atoms with Gasteiger partial charge in [0.05, 0.1) is 24.9 Å². The van der Waals surface area contributed by atoms with E-state index in [0.29, 0.717) is 23.7 Å². The smallest absolute Gasteiger partial charge is 0.307 e. The number of esters is 1. The Kier molecular flexibility index (Phi) is 4.24. The highest BCUT2D eigenvalue weighted by molar-refractivity contribution is 6.31. The van der Waals surface area contributed by atoms with Crippen LogP contribution < -0.4 is 11.1 Å². The third kappa shape index (κ3) is 3.67. The summed E-state index contributed by atoms with van der Waals surface area (Å²) in [6, 6.07) is 5.16. The lowest BCUT2D eigenvalue weighted by molar-refractivity contribution is -0.140. The van der Waals surface area contributed by atoms with Gasteiger partial charge in [0.25, 0.3) is 0 Å². The van der Waals surface area contributed by atoms with E-state index in [1.165, 1.54) is 7.11 Å². The molecule has 0 radical (unpaired) electrons. The largest absolute Gasteiger partial charge is 0.469 e. The molecule has 0 aliphatic rings. The molecule has 5 heteroatoms. The highest BCUT2D eigenvalue weighted by Gasteiger charge is 2.02. The maximum absolute atomic E-state index is 10.8. The first kappa shape index (κ1) is 11.7. The van der Waals surface area contributed by atoms with Crippen molar-refractivity contribution < 1.29 is 9.53 Å². The standard InChI is InChI=1S/C10H13ClN2O2/c1-15-10(14)4-5-13-9-3-2-7(11)6-8(9)12/h2-3,6,13H,4-5,12H2,1H3. The molecule has 4 nitrogen and oxygen atoms in total. The zero-order valence-electron chi connectivity index (χ0n) is 8.42. The Morgan fingerprint density at radius 1 is 1.60 bits per heavy atom. The van der Waals surface area contributed by atoms with Gasteiger partial charge < -0.3 is 15.8 Å². The van der Waals surface area contributed by atoms with Crippen LogP contribution in [0.3, 0.4) is 0 Å². The Labute approximate surface area is 93.4 Å². The van der Waals surface area contributed by atoms with Gasteiger partial charge in [-0.2, -0.15) is 0 Å². The molecule has 82 valence electrons. The van der Waals surface area contributed by atoms with E-state index in [4.69, 9.17) is 17.3 Å². The van der Waals surface area contributed by atoms with Crippen LogP contribution in [-0.2, 0) is 9.53 Å². The van der Waals surface area contributed by atoms with E-state index >= 15 is 0 Å². The van der Waals surface area contributed by atoms with E-state index in [0.717, 1.165) is 5.69 Å². The second-order valence-corrected chi connectivity index (χ2v) is 3.42. The van der Waals surface area contributed by atoms with Gasteiger partial charge in [0.1, 0.15) is 0 Å². The average molecular weight is 229 g/mol. The third-order valence-corrected chi connectivity index (χ3v) is 2.12. The number of anilines is 2. The molecule has 0 aliphatic carbocycles. The zero-order valence-corrected chi connectivity index (χ0v) is 9.17. The van der Waals surface area contributed by atoms with Gasteiger partial charge in [0.15, 0.2) is 0 Å². The summed E-state index contributed by atoms with van der Waals surface area (Å²) in [7, 11) is 1.36. The molecule has 0 aromatic heterocycles.